The maximum absolute atomic E-state index is 14.0. The molecule has 0 bridgehead atoms. The standard InChI is InChI=1S/C15H15BrClFN6O/c16-10-5-9(13(25)11(17)6-10)7-21-23-15-20-8-12(18)14(22-15)24-3-1-19-2-4-24/h5-8,19,25H,1-4H2,(H,20,22,23)/b21-7+. The smallest absolute Gasteiger partial charge is 0.245 e. The predicted octanol–water partition coefficient (Wildman–Crippen LogP) is 2.59. The van der Waals surface area contributed by atoms with E-state index in [9.17, 15) is 9.50 Å². The number of hydrazone groups is 1. The van der Waals surface area contributed by atoms with Gasteiger partial charge in [-0.25, -0.2) is 14.8 Å². The minimum absolute atomic E-state index is 0.0862. The number of nitrogens with zero attached hydrogens (tertiary/aromatic N) is 4. The lowest BCUT2D eigenvalue weighted by molar-refractivity contribution is 0.474. The maximum atomic E-state index is 14.0. The Balaban J connectivity index is 1.75. The molecule has 7 nitrogen and oxygen atoms in total. The van der Waals surface area contributed by atoms with E-state index < -0.39 is 5.82 Å². The molecular formula is C15H15BrClFN6O. The average Bonchev–Trinajstić information content (AvgIpc) is 2.61. The van der Waals surface area contributed by atoms with Crippen LogP contribution < -0.4 is 15.6 Å². The molecule has 0 unspecified atom stereocenters. The molecule has 0 aliphatic carbocycles. The number of hydrogen-bond acceptors (Lipinski definition) is 7. The minimum Gasteiger partial charge on any atom is -0.506 e. The van der Waals surface area contributed by atoms with Crippen molar-refractivity contribution in [3.63, 3.8) is 0 Å². The average molecular weight is 430 g/mol. The molecule has 132 valence electrons. The van der Waals surface area contributed by atoms with Crippen molar-refractivity contribution in [2.24, 2.45) is 5.10 Å². The Hall–Kier alpha value is -1.97. The summed E-state index contributed by atoms with van der Waals surface area (Å²) < 4.78 is 14.7. The van der Waals surface area contributed by atoms with Crippen molar-refractivity contribution in [2.75, 3.05) is 36.5 Å². The van der Waals surface area contributed by atoms with E-state index in [1.54, 1.807) is 12.1 Å². The molecule has 2 aromatic rings. The third kappa shape index (κ3) is 4.36. The summed E-state index contributed by atoms with van der Waals surface area (Å²) in [7, 11) is 0. The van der Waals surface area contributed by atoms with Gasteiger partial charge in [-0.2, -0.15) is 10.1 Å². The van der Waals surface area contributed by atoms with Gasteiger partial charge in [-0.05, 0) is 12.1 Å². The number of piperazine rings is 1. The van der Waals surface area contributed by atoms with Crippen LogP contribution in [0.15, 0.2) is 27.9 Å². The number of halogens is 3. The third-order valence-corrected chi connectivity index (χ3v) is 4.31. The van der Waals surface area contributed by atoms with Crippen LogP contribution in [0.1, 0.15) is 5.56 Å². The summed E-state index contributed by atoms with van der Waals surface area (Å²) in [5.74, 6) is -0.167. The molecule has 1 saturated heterocycles. The summed E-state index contributed by atoms with van der Waals surface area (Å²) in [4.78, 5) is 9.89. The molecule has 1 fully saturated rings. The van der Waals surface area contributed by atoms with Crippen LogP contribution in [0.4, 0.5) is 16.2 Å². The monoisotopic (exact) mass is 428 g/mol. The number of rotatable bonds is 4. The van der Waals surface area contributed by atoms with Gasteiger partial charge < -0.3 is 15.3 Å². The molecule has 25 heavy (non-hydrogen) atoms. The second-order valence-corrected chi connectivity index (χ2v) is 6.62. The van der Waals surface area contributed by atoms with Gasteiger partial charge in [0, 0.05) is 36.2 Å². The van der Waals surface area contributed by atoms with Gasteiger partial charge >= 0.3 is 0 Å². The molecule has 0 amide bonds. The molecule has 0 atom stereocenters. The van der Waals surface area contributed by atoms with Gasteiger partial charge in [0.2, 0.25) is 5.95 Å². The van der Waals surface area contributed by atoms with E-state index in [4.69, 9.17) is 11.6 Å². The zero-order valence-corrected chi connectivity index (χ0v) is 15.3. The van der Waals surface area contributed by atoms with E-state index in [2.05, 4.69) is 41.7 Å². The normalized spacial score (nSPS) is 14.9. The van der Waals surface area contributed by atoms with E-state index in [0.717, 1.165) is 19.3 Å². The first-order valence-corrected chi connectivity index (χ1v) is 8.67. The van der Waals surface area contributed by atoms with E-state index in [1.807, 2.05) is 4.90 Å². The van der Waals surface area contributed by atoms with Crippen LogP contribution in [0.2, 0.25) is 5.02 Å². The zero-order valence-electron chi connectivity index (χ0n) is 13.0. The van der Waals surface area contributed by atoms with E-state index in [1.165, 1.54) is 6.21 Å². The first kappa shape index (κ1) is 17.8. The lowest BCUT2D eigenvalue weighted by Gasteiger charge is -2.28. The van der Waals surface area contributed by atoms with Crippen LogP contribution in [-0.4, -0.2) is 47.5 Å². The summed E-state index contributed by atoms with van der Waals surface area (Å²) in [5, 5.41) is 17.3. The Morgan fingerprint density at radius 2 is 2.16 bits per heavy atom. The minimum atomic E-state index is -0.479. The van der Waals surface area contributed by atoms with Gasteiger partial charge in [0.25, 0.3) is 0 Å². The predicted molar refractivity (Wildman–Crippen MR) is 99.1 cm³/mol. The fourth-order valence-corrected chi connectivity index (χ4v) is 3.19. The number of hydrogen-bond donors (Lipinski definition) is 3. The van der Waals surface area contributed by atoms with Crippen LogP contribution in [0.3, 0.4) is 0 Å². The number of nitrogens with one attached hydrogen (secondary N) is 2. The zero-order chi connectivity index (χ0) is 17.8. The van der Waals surface area contributed by atoms with Crippen LogP contribution >= 0.6 is 27.5 Å². The lowest BCUT2D eigenvalue weighted by atomic mass is 10.2. The van der Waals surface area contributed by atoms with Gasteiger partial charge in [0.1, 0.15) is 5.75 Å². The first-order chi connectivity index (χ1) is 12.0. The number of phenolic OH excluding ortho intramolecular Hbond substituents is 1. The van der Waals surface area contributed by atoms with Crippen LogP contribution in [0, 0.1) is 5.82 Å². The van der Waals surface area contributed by atoms with Gasteiger partial charge in [-0.3, -0.25) is 0 Å². The summed E-state index contributed by atoms with van der Waals surface area (Å²) in [6.45, 7) is 2.88. The van der Waals surface area contributed by atoms with Crippen LogP contribution in [-0.2, 0) is 0 Å². The molecule has 3 N–H and O–H groups in total. The molecule has 1 aromatic carbocycles. The highest BCUT2D eigenvalue weighted by molar-refractivity contribution is 9.10. The van der Waals surface area contributed by atoms with Crippen molar-refractivity contribution in [1.82, 2.24) is 15.3 Å². The summed E-state index contributed by atoms with van der Waals surface area (Å²) in [5.41, 5.74) is 3.05. The second kappa shape index (κ2) is 7.94. The van der Waals surface area contributed by atoms with Crippen molar-refractivity contribution in [3.8, 4) is 5.75 Å². The van der Waals surface area contributed by atoms with Gasteiger partial charge in [0.05, 0.1) is 17.4 Å². The highest BCUT2D eigenvalue weighted by Gasteiger charge is 2.17. The van der Waals surface area contributed by atoms with Gasteiger partial charge in [-0.1, -0.05) is 27.5 Å². The molecule has 0 radical (unpaired) electrons. The van der Waals surface area contributed by atoms with E-state index >= 15 is 0 Å². The van der Waals surface area contributed by atoms with E-state index in [-0.39, 0.29) is 22.5 Å². The van der Waals surface area contributed by atoms with Crippen molar-refractivity contribution in [2.45, 2.75) is 0 Å². The number of aromatic hydroxyl groups is 1. The molecule has 0 saturated carbocycles. The molecule has 1 aliphatic rings. The first-order valence-electron chi connectivity index (χ1n) is 7.50. The summed E-state index contributed by atoms with van der Waals surface area (Å²) in [6, 6.07) is 3.23. The highest BCUT2D eigenvalue weighted by atomic mass is 79.9. The molecule has 1 aromatic heterocycles. The van der Waals surface area contributed by atoms with Crippen LogP contribution in [0.25, 0.3) is 0 Å². The fraction of sp³-hybridized carbons (Fsp3) is 0.267. The molecule has 1 aliphatic heterocycles. The number of benzene rings is 1. The maximum Gasteiger partial charge on any atom is 0.245 e. The van der Waals surface area contributed by atoms with Crippen molar-refractivity contribution >= 4 is 45.5 Å². The Morgan fingerprint density at radius 3 is 2.92 bits per heavy atom. The quantitative estimate of drug-likeness (QED) is 0.512. The Kier molecular flexibility index (Phi) is 5.67. The molecule has 2 heterocycles. The second-order valence-electron chi connectivity index (χ2n) is 5.30. The molecular weight excluding hydrogens is 415 g/mol. The van der Waals surface area contributed by atoms with Gasteiger partial charge in [-0.15, -0.1) is 0 Å². The topological polar surface area (TPSA) is 85.7 Å². The molecule has 10 heteroatoms. The third-order valence-electron chi connectivity index (χ3n) is 3.57. The largest absolute Gasteiger partial charge is 0.506 e. The Labute approximate surface area is 157 Å². The fourth-order valence-electron chi connectivity index (χ4n) is 2.35. The SMILES string of the molecule is Oc1c(Cl)cc(Br)cc1/C=N/Nc1ncc(F)c(N2CCNCC2)n1. The summed E-state index contributed by atoms with van der Waals surface area (Å²) >= 11 is 9.19. The van der Waals surface area contributed by atoms with E-state index in [0.29, 0.717) is 23.1 Å². The van der Waals surface area contributed by atoms with Crippen molar-refractivity contribution in [3.05, 3.63) is 39.2 Å². The Morgan fingerprint density at radius 1 is 1.40 bits per heavy atom. The molecule has 3 rings (SSSR count). The summed E-state index contributed by atoms with van der Waals surface area (Å²) in [6.07, 6.45) is 2.48. The number of aromatic nitrogens is 2. The number of anilines is 2. The van der Waals surface area contributed by atoms with Crippen LogP contribution in [0.5, 0.6) is 5.75 Å². The van der Waals surface area contributed by atoms with Crippen molar-refractivity contribution < 1.29 is 9.50 Å². The highest BCUT2D eigenvalue weighted by Crippen LogP contribution is 2.30. The number of phenols is 1. The Bertz CT molecular complexity index is 800. The lowest BCUT2D eigenvalue weighted by Crippen LogP contribution is -2.44. The van der Waals surface area contributed by atoms with Crippen molar-refractivity contribution in [1.29, 1.82) is 0 Å². The molecule has 0 spiro atoms. The van der Waals surface area contributed by atoms with Gasteiger partial charge in [0.15, 0.2) is 11.6 Å².